The Morgan fingerprint density at radius 1 is 1.29 bits per heavy atom. The molecule has 0 saturated carbocycles. The molecule has 0 aromatic rings. The Labute approximate surface area is 88.2 Å². The van der Waals surface area contributed by atoms with E-state index in [0.29, 0.717) is 30.9 Å². The first-order chi connectivity index (χ1) is 6.67. The minimum Gasteiger partial charge on any atom is -0.383 e. The zero-order valence-electron chi connectivity index (χ0n) is 9.56. The van der Waals surface area contributed by atoms with E-state index < -0.39 is 0 Å². The predicted molar refractivity (Wildman–Crippen MR) is 57.7 cm³/mol. The van der Waals surface area contributed by atoms with Crippen LogP contribution in [0, 0.1) is 5.92 Å². The minimum absolute atomic E-state index is 0.230. The van der Waals surface area contributed by atoms with Crippen LogP contribution in [0.4, 0.5) is 0 Å². The van der Waals surface area contributed by atoms with Crippen molar-refractivity contribution < 1.29 is 9.47 Å². The van der Waals surface area contributed by atoms with Gasteiger partial charge in [0.05, 0.1) is 26.6 Å². The van der Waals surface area contributed by atoms with Crippen LogP contribution in [-0.4, -0.2) is 58.8 Å². The van der Waals surface area contributed by atoms with Gasteiger partial charge >= 0.3 is 0 Å². The fourth-order valence-corrected chi connectivity index (χ4v) is 2.55. The molecular weight excluding hydrogens is 177 g/mol. The molecule has 0 spiro atoms. The topological polar surface area (TPSA) is 21.7 Å². The van der Waals surface area contributed by atoms with Gasteiger partial charge in [0.15, 0.2) is 0 Å². The van der Waals surface area contributed by atoms with Crippen molar-refractivity contribution in [3.8, 4) is 0 Å². The normalized spacial score (nSPS) is 39.1. The molecule has 80 valence electrons. The molecule has 1 saturated heterocycles. The Morgan fingerprint density at radius 3 is 2.36 bits per heavy atom. The van der Waals surface area contributed by atoms with Crippen molar-refractivity contribution in [2.45, 2.75) is 31.4 Å². The van der Waals surface area contributed by atoms with E-state index in [1.165, 1.54) is 0 Å². The maximum Gasteiger partial charge on any atom is 0.0788 e. The highest BCUT2D eigenvalue weighted by atomic mass is 16.5. The quantitative estimate of drug-likeness (QED) is 0.614. The number of likely N-dealkylation sites (tertiary alicyclic amines) is 1. The fraction of sp³-hybridized carbons (Fsp3) is 1.00. The van der Waals surface area contributed by atoms with Crippen molar-refractivity contribution >= 4 is 7.85 Å². The average Bonchev–Trinajstić information content (AvgIpc) is 2.39. The monoisotopic (exact) mass is 197 g/mol. The molecule has 0 bridgehead atoms. The van der Waals surface area contributed by atoms with Crippen LogP contribution in [-0.2, 0) is 9.47 Å². The Bertz CT molecular complexity index is 180. The van der Waals surface area contributed by atoms with Crippen LogP contribution in [0.1, 0.15) is 6.92 Å². The molecule has 1 fully saturated rings. The van der Waals surface area contributed by atoms with Crippen LogP contribution in [0.3, 0.4) is 0 Å². The molecule has 1 unspecified atom stereocenters. The third-order valence-electron chi connectivity index (χ3n) is 3.40. The third-order valence-corrected chi connectivity index (χ3v) is 3.40. The molecule has 0 aromatic heterocycles. The van der Waals surface area contributed by atoms with Crippen molar-refractivity contribution in [3.05, 3.63) is 0 Å². The van der Waals surface area contributed by atoms with Crippen LogP contribution >= 0.6 is 0 Å². The molecule has 3 nitrogen and oxygen atoms in total. The van der Waals surface area contributed by atoms with E-state index in [1.54, 1.807) is 14.2 Å². The van der Waals surface area contributed by atoms with E-state index in [4.69, 9.17) is 17.3 Å². The second-order valence-corrected chi connectivity index (χ2v) is 4.05. The van der Waals surface area contributed by atoms with E-state index in [1.807, 2.05) is 0 Å². The van der Waals surface area contributed by atoms with Gasteiger partial charge < -0.3 is 9.47 Å². The minimum atomic E-state index is 0.230. The average molecular weight is 197 g/mol. The number of rotatable bonds is 4. The summed E-state index contributed by atoms with van der Waals surface area (Å²) in [6, 6.07) is 0.730. The summed E-state index contributed by atoms with van der Waals surface area (Å²) in [5.74, 6) is 0.468. The summed E-state index contributed by atoms with van der Waals surface area (Å²) in [5.41, 5.74) is 0. The highest BCUT2D eigenvalue weighted by Gasteiger charge is 2.43. The molecule has 0 N–H and O–H groups in total. The van der Waals surface area contributed by atoms with Crippen molar-refractivity contribution in [1.82, 2.24) is 4.90 Å². The van der Waals surface area contributed by atoms with Gasteiger partial charge in [-0.3, -0.25) is 4.90 Å². The van der Waals surface area contributed by atoms with Gasteiger partial charge in [0.1, 0.15) is 0 Å². The van der Waals surface area contributed by atoms with Gasteiger partial charge in [-0.1, -0.05) is 13.2 Å². The lowest BCUT2D eigenvalue weighted by molar-refractivity contribution is 0.0181. The molecule has 0 amide bonds. The maximum atomic E-state index is 5.75. The van der Waals surface area contributed by atoms with Crippen molar-refractivity contribution in [2.75, 3.05) is 27.9 Å². The zero-order valence-corrected chi connectivity index (χ0v) is 9.56. The Kier molecular flexibility index (Phi) is 4.42. The first-order valence-corrected chi connectivity index (χ1v) is 5.11. The summed E-state index contributed by atoms with van der Waals surface area (Å²) >= 11 is 0. The summed E-state index contributed by atoms with van der Waals surface area (Å²) in [5, 5.41) is 0. The molecule has 1 aliphatic heterocycles. The highest BCUT2D eigenvalue weighted by molar-refractivity contribution is 6.09. The van der Waals surface area contributed by atoms with Crippen LogP contribution < -0.4 is 0 Å². The van der Waals surface area contributed by atoms with E-state index in [2.05, 4.69) is 18.9 Å². The molecule has 4 heteroatoms. The van der Waals surface area contributed by atoms with Gasteiger partial charge in [0.2, 0.25) is 0 Å². The van der Waals surface area contributed by atoms with Gasteiger partial charge in [-0.25, -0.2) is 0 Å². The second-order valence-electron chi connectivity index (χ2n) is 4.05. The van der Waals surface area contributed by atoms with E-state index >= 15 is 0 Å². The molecule has 2 radical (unpaired) electrons. The lowest BCUT2D eigenvalue weighted by atomic mass is 9.88. The second kappa shape index (κ2) is 5.15. The molecule has 1 heterocycles. The maximum absolute atomic E-state index is 5.75. The number of hydrogen-bond acceptors (Lipinski definition) is 3. The third kappa shape index (κ3) is 1.97. The van der Waals surface area contributed by atoms with Crippen LogP contribution in [0.5, 0.6) is 0 Å². The predicted octanol–water partition coefficient (Wildman–Crippen LogP) is 0.553. The van der Waals surface area contributed by atoms with Gasteiger partial charge in [-0.15, -0.1) is 0 Å². The van der Waals surface area contributed by atoms with E-state index in [-0.39, 0.29) is 6.10 Å². The smallest absolute Gasteiger partial charge is 0.0788 e. The number of ether oxygens (including phenoxy) is 2. The Balaban J connectivity index is 2.72. The Hall–Kier alpha value is -0.0551. The lowest BCUT2D eigenvalue weighted by Gasteiger charge is -2.25. The summed E-state index contributed by atoms with van der Waals surface area (Å²) < 4.78 is 10.7. The molecular formula is C10H20BNO2. The molecule has 1 aliphatic rings. The zero-order chi connectivity index (χ0) is 10.7. The summed E-state index contributed by atoms with van der Waals surface area (Å²) in [4.78, 5) is 2.28. The van der Waals surface area contributed by atoms with Gasteiger partial charge in [0.25, 0.3) is 0 Å². The summed E-state index contributed by atoms with van der Waals surface area (Å²) in [6.45, 7) is 2.90. The molecule has 0 aromatic carbocycles. The van der Waals surface area contributed by atoms with Crippen LogP contribution in [0.25, 0.3) is 0 Å². The number of likely N-dealkylation sites (N-methyl/N-ethyl adjacent to an activating group) is 1. The van der Waals surface area contributed by atoms with Crippen molar-refractivity contribution in [2.24, 2.45) is 5.92 Å². The first kappa shape index (κ1) is 12.0. The van der Waals surface area contributed by atoms with Gasteiger partial charge in [-0.05, 0) is 13.0 Å². The number of methoxy groups -OCH3 is 2. The van der Waals surface area contributed by atoms with E-state index in [0.717, 1.165) is 0 Å². The largest absolute Gasteiger partial charge is 0.383 e. The summed E-state index contributed by atoms with van der Waals surface area (Å²) in [7, 11) is 11.3. The molecule has 1 rings (SSSR count). The number of nitrogens with zero attached hydrogens (tertiary/aromatic N) is 1. The SMILES string of the molecule is [B]C[C@H]1C(C)[C@H](OC)[C@@H](COC)N1C. The standard InChI is InChI=1S/C10H20BNO2/c1-7-8(5-11)12(2)9(6-13-3)10(7)14-4/h7-10H,5-6H2,1-4H3/t7?,8-,9+,10-/m0/s1. The summed E-state index contributed by atoms with van der Waals surface area (Å²) in [6.07, 6.45) is 0.908. The van der Waals surface area contributed by atoms with Crippen molar-refractivity contribution in [3.63, 3.8) is 0 Å². The first-order valence-electron chi connectivity index (χ1n) is 5.11. The molecule has 4 atom stereocenters. The number of hydrogen-bond donors (Lipinski definition) is 0. The van der Waals surface area contributed by atoms with Gasteiger partial charge in [-0.2, -0.15) is 0 Å². The highest BCUT2D eigenvalue weighted by Crippen LogP contribution is 2.32. The van der Waals surface area contributed by atoms with Crippen molar-refractivity contribution in [1.29, 1.82) is 0 Å². The molecule has 0 aliphatic carbocycles. The fourth-order valence-electron chi connectivity index (χ4n) is 2.55. The van der Waals surface area contributed by atoms with E-state index in [9.17, 15) is 0 Å². The van der Waals surface area contributed by atoms with Crippen LogP contribution in [0.2, 0.25) is 6.32 Å². The lowest BCUT2D eigenvalue weighted by Crippen LogP contribution is -2.39. The Morgan fingerprint density at radius 2 is 1.93 bits per heavy atom. The molecule has 14 heavy (non-hydrogen) atoms. The van der Waals surface area contributed by atoms with Gasteiger partial charge in [0, 0.05) is 20.3 Å². The van der Waals surface area contributed by atoms with Crippen LogP contribution in [0.15, 0.2) is 0 Å².